The summed E-state index contributed by atoms with van der Waals surface area (Å²) >= 11 is 0. The summed E-state index contributed by atoms with van der Waals surface area (Å²) in [7, 11) is 0. The van der Waals surface area contributed by atoms with Crippen LogP contribution in [0.1, 0.15) is 59.3 Å². The number of rotatable bonds is 3. The van der Waals surface area contributed by atoms with Gasteiger partial charge in [-0.15, -0.1) is 0 Å². The van der Waals surface area contributed by atoms with Gasteiger partial charge in [-0.3, -0.25) is 14.5 Å². The highest BCUT2D eigenvalue weighted by Crippen LogP contribution is 2.30. The fourth-order valence-corrected chi connectivity index (χ4v) is 4.89. The number of ether oxygens (including phenoxy) is 1. The number of carboxylic acids is 1. The molecule has 8 heteroatoms. The van der Waals surface area contributed by atoms with Crippen molar-refractivity contribution in [1.29, 1.82) is 0 Å². The molecule has 3 fully saturated rings. The first-order valence-electron chi connectivity index (χ1n) is 11.4. The topological polar surface area (TPSA) is 90.4 Å². The molecule has 2 aliphatic heterocycles. The highest BCUT2D eigenvalue weighted by atomic mass is 16.6. The molecule has 0 spiro atoms. The zero-order valence-electron chi connectivity index (χ0n) is 18.6. The monoisotopic (exact) mass is 423 g/mol. The summed E-state index contributed by atoms with van der Waals surface area (Å²) in [4.78, 5) is 42.4. The van der Waals surface area contributed by atoms with Crippen LogP contribution in [-0.4, -0.2) is 88.7 Å². The Morgan fingerprint density at radius 2 is 1.30 bits per heavy atom. The Hall–Kier alpha value is -1.83. The first-order chi connectivity index (χ1) is 14.1. The maximum absolute atomic E-state index is 12.8. The number of piperazine rings is 1. The van der Waals surface area contributed by atoms with E-state index < -0.39 is 11.6 Å². The molecule has 1 aliphatic carbocycles. The molecule has 0 unspecified atom stereocenters. The van der Waals surface area contributed by atoms with Crippen LogP contribution in [0.2, 0.25) is 0 Å². The number of carboxylic acid groups (broad SMARTS) is 1. The van der Waals surface area contributed by atoms with Crippen LogP contribution in [0.5, 0.6) is 0 Å². The third-order valence-electron chi connectivity index (χ3n) is 6.68. The molecule has 3 aliphatic rings. The molecule has 170 valence electrons. The van der Waals surface area contributed by atoms with E-state index >= 15 is 0 Å². The number of likely N-dealkylation sites (tertiary alicyclic amines) is 1. The normalized spacial score (nSPS) is 27.0. The number of piperidine rings is 1. The summed E-state index contributed by atoms with van der Waals surface area (Å²) in [5.41, 5.74) is -0.469. The van der Waals surface area contributed by atoms with E-state index in [-0.39, 0.29) is 23.8 Å². The first-order valence-corrected chi connectivity index (χ1v) is 11.4. The van der Waals surface area contributed by atoms with E-state index in [0.717, 1.165) is 39.0 Å². The summed E-state index contributed by atoms with van der Waals surface area (Å²) in [6.07, 6.45) is 4.26. The van der Waals surface area contributed by atoms with Crippen LogP contribution in [0, 0.1) is 11.8 Å². The van der Waals surface area contributed by atoms with Crippen LogP contribution in [-0.2, 0) is 14.3 Å². The Bertz CT molecular complexity index is 623. The van der Waals surface area contributed by atoms with E-state index in [4.69, 9.17) is 9.84 Å². The summed E-state index contributed by atoms with van der Waals surface area (Å²) < 4.78 is 5.47. The van der Waals surface area contributed by atoms with Gasteiger partial charge in [0.2, 0.25) is 5.91 Å². The van der Waals surface area contributed by atoms with Crippen molar-refractivity contribution in [2.24, 2.45) is 11.8 Å². The average molecular weight is 424 g/mol. The smallest absolute Gasteiger partial charge is 0.410 e. The van der Waals surface area contributed by atoms with Crippen molar-refractivity contribution in [2.45, 2.75) is 70.9 Å². The van der Waals surface area contributed by atoms with Gasteiger partial charge in [0, 0.05) is 51.2 Å². The van der Waals surface area contributed by atoms with Crippen molar-refractivity contribution >= 4 is 18.0 Å². The van der Waals surface area contributed by atoms with Crippen LogP contribution in [0.4, 0.5) is 4.79 Å². The van der Waals surface area contributed by atoms with Gasteiger partial charge in [-0.2, -0.15) is 0 Å². The van der Waals surface area contributed by atoms with E-state index in [1.807, 2.05) is 25.7 Å². The zero-order valence-corrected chi connectivity index (χ0v) is 18.6. The number of nitrogens with zero attached hydrogens (tertiary/aromatic N) is 3. The van der Waals surface area contributed by atoms with Crippen LogP contribution in [0.25, 0.3) is 0 Å². The number of carbonyl (C=O) groups excluding carboxylic acids is 2. The molecule has 1 saturated carbocycles. The van der Waals surface area contributed by atoms with E-state index in [1.54, 1.807) is 4.90 Å². The minimum absolute atomic E-state index is 0.00998. The minimum atomic E-state index is -0.729. The standard InChI is InChI=1S/C22H37N3O5/c1-22(2,3)30-21(29)25-10-8-18(9-11-25)23-12-14-24(15-13-23)19(26)16-4-6-17(7-5-16)20(27)28/h16-18H,4-15H2,1-3H3,(H,27,28). The fraction of sp³-hybridized carbons (Fsp3) is 0.864. The number of carbonyl (C=O) groups is 3. The lowest BCUT2D eigenvalue weighted by Gasteiger charge is -2.43. The molecule has 0 bridgehead atoms. The van der Waals surface area contributed by atoms with Crippen LogP contribution >= 0.6 is 0 Å². The second-order valence-electron chi connectivity index (χ2n) is 9.95. The number of hydrogen-bond donors (Lipinski definition) is 1. The largest absolute Gasteiger partial charge is 0.481 e. The van der Waals surface area contributed by atoms with Crippen LogP contribution < -0.4 is 0 Å². The average Bonchev–Trinajstić information content (AvgIpc) is 2.72. The second kappa shape index (κ2) is 9.54. The fourth-order valence-electron chi connectivity index (χ4n) is 4.89. The molecule has 0 aromatic heterocycles. The van der Waals surface area contributed by atoms with Gasteiger partial charge in [0.1, 0.15) is 5.60 Å². The Labute approximate surface area is 179 Å². The van der Waals surface area contributed by atoms with Gasteiger partial charge >= 0.3 is 12.1 Å². The lowest BCUT2D eigenvalue weighted by atomic mass is 9.81. The lowest BCUT2D eigenvalue weighted by Crippen LogP contribution is -2.55. The summed E-state index contributed by atoms with van der Waals surface area (Å²) in [6, 6.07) is 0.451. The number of hydrogen-bond acceptors (Lipinski definition) is 5. The van der Waals surface area contributed by atoms with E-state index in [9.17, 15) is 14.4 Å². The molecule has 2 amide bonds. The van der Waals surface area contributed by atoms with Crippen molar-refractivity contribution < 1.29 is 24.2 Å². The second-order valence-corrected chi connectivity index (χ2v) is 9.95. The Morgan fingerprint density at radius 3 is 1.80 bits per heavy atom. The van der Waals surface area contributed by atoms with Gasteiger partial charge in [-0.1, -0.05) is 0 Å². The van der Waals surface area contributed by atoms with E-state index in [0.29, 0.717) is 44.8 Å². The summed E-state index contributed by atoms with van der Waals surface area (Å²) in [6.45, 7) is 10.3. The van der Waals surface area contributed by atoms with Crippen molar-refractivity contribution in [3.8, 4) is 0 Å². The molecule has 8 nitrogen and oxygen atoms in total. The SMILES string of the molecule is CC(C)(C)OC(=O)N1CCC(N2CCN(C(=O)C3CCC(C(=O)O)CC3)CC2)CC1. The maximum atomic E-state index is 12.8. The molecular formula is C22H37N3O5. The molecule has 0 aromatic rings. The highest BCUT2D eigenvalue weighted by Gasteiger charge is 2.35. The minimum Gasteiger partial charge on any atom is -0.481 e. The quantitative estimate of drug-likeness (QED) is 0.750. The Morgan fingerprint density at radius 1 is 0.767 bits per heavy atom. The Kier molecular flexibility index (Phi) is 7.26. The molecule has 2 heterocycles. The predicted molar refractivity (Wildman–Crippen MR) is 112 cm³/mol. The van der Waals surface area contributed by atoms with Gasteiger partial charge in [0.05, 0.1) is 5.92 Å². The van der Waals surface area contributed by atoms with Crippen LogP contribution in [0.15, 0.2) is 0 Å². The van der Waals surface area contributed by atoms with E-state index in [1.165, 1.54) is 0 Å². The molecule has 1 N–H and O–H groups in total. The Balaban J connectivity index is 1.39. The van der Waals surface area contributed by atoms with E-state index in [2.05, 4.69) is 4.90 Å². The molecule has 2 saturated heterocycles. The van der Waals surface area contributed by atoms with Crippen LogP contribution in [0.3, 0.4) is 0 Å². The van der Waals surface area contributed by atoms with Crippen molar-refractivity contribution in [1.82, 2.24) is 14.7 Å². The van der Waals surface area contributed by atoms with Crippen molar-refractivity contribution in [2.75, 3.05) is 39.3 Å². The van der Waals surface area contributed by atoms with Gasteiger partial charge in [0.25, 0.3) is 0 Å². The lowest BCUT2D eigenvalue weighted by molar-refractivity contribution is -0.146. The van der Waals surface area contributed by atoms with Gasteiger partial charge in [0.15, 0.2) is 0 Å². The molecule has 0 aromatic carbocycles. The summed E-state index contributed by atoms with van der Waals surface area (Å²) in [5, 5.41) is 9.13. The molecule has 3 rings (SSSR count). The predicted octanol–water partition coefficient (Wildman–Crippen LogP) is 2.42. The number of amides is 2. The highest BCUT2D eigenvalue weighted by molar-refractivity contribution is 5.79. The molecular weight excluding hydrogens is 386 g/mol. The van der Waals surface area contributed by atoms with Gasteiger partial charge in [-0.25, -0.2) is 4.79 Å². The van der Waals surface area contributed by atoms with Gasteiger partial charge in [-0.05, 0) is 59.3 Å². The zero-order chi connectivity index (χ0) is 21.9. The third kappa shape index (κ3) is 5.86. The molecule has 0 atom stereocenters. The van der Waals surface area contributed by atoms with Crippen molar-refractivity contribution in [3.63, 3.8) is 0 Å². The third-order valence-corrected chi connectivity index (χ3v) is 6.68. The van der Waals surface area contributed by atoms with Gasteiger partial charge < -0.3 is 19.6 Å². The maximum Gasteiger partial charge on any atom is 0.410 e. The summed E-state index contributed by atoms with van der Waals surface area (Å²) in [5.74, 6) is -0.813. The van der Waals surface area contributed by atoms with Crippen molar-refractivity contribution in [3.05, 3.63) is 0 Å². The molecule has 30 heavy (non-hydrogen) atoms. The molecule has 0 radical (unpaired) electrons. The number of aliphatic carboxylic acids is 1. The first kappa shape index (κ1) is 22.8.